The van der Waals surface area contributed by atoms with Crippen LogP contribution in [0.2, 0.25) is 0 Å². The Kier molecular flexibility index (Phi) is 3.28. The smallest absolute Gasteiger partial charge is 0.307 e. The van der Waals surface area contributed by atoms with Gasteiger partial charge in [0.2, 0.25) is 11.8 Å². The largest absolute Gasteiger partial charge is 0.481 e. The highest BCUT2D eigenvalue weighted by molar-refractivity contribution is 5.95. The fourth-order valence-electron chi connectivity index (χ4n) is 3.21. The van der Waals surface area contributed by atoms with Gasteiger partial charge < -0.3 is 15.3 Å². The van der Waals surface area contributed by atoms with E-state index in [2.05, 4.69) is 5.32 Å². The van der Waals surface area contributed by atoms with Gasteiger partial charge in [-0.15, -0.1) is 0 Å². The predicted octanol–water partition coefficient (Wildman–Crippen LogP) is 0.0802. The van der Waals surface area contributed by atoms with Gasteiger partial charge in [0.15, 0.2) is 0 Å². The number of aliphatic carboxylic acids is 1. The fourth-order valence-corrected chi connectivity index (χ4v) is 3.21. The molecule has 0 aromatic rings. The van der Waals surface area contributed by atoms with E-state index >= 15 is 0 Å². The van der Waals surface area contributed by atoms with Gasteiger partial charge in [-0.1, -0.05) is 13.8 Å². The summed E-state index contributed by atoms with van der Waals surface area (Å²) >= 11 is 0. The molecule has 1 aliphatic heterocycles. The van der Waals surface area contributed by atoms with Crippen LogP contribution in [0.4, 0.5) is 0 Å². The number of hydrogen-bond acceptors (Lipinski definition) is 3. The van der Waals surface area contributed by atoms with Crippen molar-refractivity contribution < 1.29 is 19.5 Å². The molecule has 1 heterocycles. The first kappa shape index (κ1) is 13.8. The molecule has 1 saturated carbocycles. The van der Waals surface area contributed by atoms with Crippen LogP contribution in [0.3, 0.4) is 0 Å². The summed E-state index contributed by atoms with van der Waals surface area (Å²) in [6, 6.07) is -0.441. The summed E-state index contributed by atoms with van der Waals surface area (Å²) in [4.78, 5) is 36.9. The van der Waals surface area contributed by atoms with Crippen LogP contribution < -0.4 is 5.32 Å². The van der Waals surface area contributed by atoms with Crippen LogP contribution in [0.1, 0.15) is 26.7 Å². The fraction of sp³-hybridized carbons (Fsp3) is 0.769. The molecule has 19 heavy (non-hydrogen) atoms. The zero-order valence-corrected chi connectivity index (χ0v) is 11.5. The molecular weight excluding hydrogens is 248 g/mol. The predicted molar refractivity (Wildman–Crippen MR) is 67.2 cm³/mol. The topological polar surface area (TPSA) is 86.7 Å². The lowest BCUT2D eigenvalue weighted by Gasteiger charge is -2.24. The standard InChI is InChI=1S/C13H20N2O4/c1-13(2)8(9(13)12(18)19)11(17)15-6-4-5-7(15)10(16)14-3/h7-9H,4-6H2,1-3H3,(H,14,16)(H,18,19)/t7?,8-,9+/m1/s1. The number of likely N-dealkylation sites (N-methyl/N-ethyl adjacent to an activating group) is 1. The van der Waals surface area contributed by atoms with Gasteiger partial charge in [0.05, 0.1) is 11.8 Å². The van der Waals surface area contributed by atoms with Crippen LogP contribution >= 0.6 is 0 Å². The van der Waals surface area contributed by atoms with E-state index in [9.17, 15) is 14.4 Å². The molecule has 1 aliphatic carbocycles. The van der Waals surface area contributed by atoms with Gasteiger partial charge >= 0.3 is 5.97 Å². The Morgan fingerprint density at radius 1 is 1.26 bits per heavy atom. The van der Waals surface area contributed by atoms with Crippen molar-refractivity contribution in [2.45, 2.75) is 32.7 Å². The Morgan fingerprint density at radius 2 is 1.89 bits per heavy atom. The van der Waals surface area contributed by atoms with E-state index in [1.807, 2.05) is 0 Å². The van der Waals surface area contributed by atoms with E-state index in [1.165, 1.54) is 0 Å². The first-order valence-corrected chi connectivity index (χ1v) is 6.57. The molecule has 6 heteroatoms. The molecule has 3 atom stereocenters. The highest BCUT2D eigenvalue weighted by atomic mass is 16.4. The van der Waals surface area contributed by atoms with Crippen LogP contribution in [0.5, 0.6) is 0 Å². The molecule has 106 valence electrons. The Balaban J connectivity index is 2.13. The van der Waals surface area contributed by atoms with E-state index in [1.54, 1.807) is 25.8 Å². The van der Waals surface area contributed by atoms with Gasteiger partial charge in [-0.25, -0.2) is 0 Å². The lowest BCUT2D eigenvalue weighted by molar-refractivity contribution is -0.143. The van der Waals surface area contributed by atoms with Gasteiger partial charge in [0.25, 0.3) is 0 Å². The highest BCUT2D eigenvalue weighted by Crippen LogP contribution is 2.59. The molecule has 1 saturated heterocycles. The molecule has 0 radical (unpaired) electrons. The Hall–Kier alpha value is -1.59. The average Bonchev–Trinajstić information content (AvgIpc) is 2.75. The normalized spacial score (nSPS) is 31.9. The average molecular weight is 268 g/mol. The van der Waals surface area contributed by atoms with E-state index in [4.69, 9.17) is 5.11 Å². The third-order valence-electron chi connectivity index (χ3n) is 4.44. The second-order valence-electron chi connectivity index (χ2n) is 5.92. The number of likely N-dealkylation sites (tertiary alicyclic amines) is 1. The molecule has 2 amide bonds. The van der Waals surface area contributed by atoms with Gasteiger partial charge in [0.1, 0.15) is 6.04 Å². The Morgan fingerprint density at radius 3 is 2.37 bits per heavy atom. The summed E-state index contributed by atoms with van der Waals surface area (Å²) in [5.74, 6) is -2.43. The number of carboxylic acid groups (broad SMARTS) is 1. The maximum Gasteiger partial charge on any atom is 0.307 e. The van der Waals surface area contributed by atoms with Crippen LogP contribution in [-0.2, 0) is 14.4 Å². The van der Waals surface area contributed by atoms with E-state index in [0.29, 0.717) is 13.0 Å². The number of rotatable bonds is 3. The summed E-state index contributed by atoms with van der Waals surface area (Å²) in [5, 5.41) is 11.7. The van der Waals surface area contributed by atoms with E-state index in [-0.39, 0.29) is 11.8 Å². The second-order valence-corrected chi connectivity index (χ2v) is 5.92. The van der Waals surface area contributed by atoms with Gasteiger partial charge in [0, 0.05) is 13.6 Å². The van der Waals surface area contributed by atoms with Crippen molar-refractivity contribution in [3.63, 3.8) is 0 Å². The van der Waals surface area contributed by atoms with E-state index in [0.717, 1.165) is 6.42 Å². The van der Waals surface area contributed by atoms with Crippen molar-refractivity contribution in [3.05, 3.63) is 0 Å². The molecule has 0 bridgehead atoms. The Labute approximate surface area is 112 Å². The third kappa shape index (κ3) is 2.09. The minimum absolute atomic E-state index is 0.170. The molecule has 6 nitrogen and oxygen atoms in total. The summed E-state index contributed by atoms with van der Waals surface area (Å²) in [5.41, 5.74) is -0.515. The Bertz CT molecular complexity index is 432. The number of nitrogens with one attached hydrogen (secondary N) is 1. The van der Waals surface area contributed by atoms with Crippen LogP contribution in [0.25, 0.3) is 0 Å². The van der Waals surface area contributed by atoms with Crippen molar-refractivity contribution in [2.24, 2.45) is 17.3 Å². The van der Waals surface area contributed by atoms with Crippen molar-refractivity contribution >= 4 is 17.8 Å². The van der Waals surface area contributed by atoms with Gasteiger partial charge in [-0.2, -0.15) is 0 Å². The minimum atomic E-state index is -0.931. The van der Waals surface area contributed by atoms with Crippen LogP contribution in [0, 0.1) is 17.3 Å². The lowest BCUT2D eigenvalue weighted by atomic mass is 10.1. The maximum absolute atomic E-state index is 12.5. The van der Waals surface area contributed by atoms with Crippen molar-refractivity contribution in [1.82, 2.24) is 10.2 Å². The third-order valence-corrected chi connectivity index (χ3v) is 4.44. The van der Waals surface area contributed by atoms with Crippen molar-refractivity contribution in [2.75, 3.05) is 13.6 Å². The molecule has 2 N–H and O–H groups in total. The van der Waals surface area contributed by atoms with Gasteiger partial charge in [-0.05, 0) is 18.3 Å². The van der Waals surface area contributed by atoms with Gasteiger partial charge in [-0.3, -0.25) is 14.4 Å². The number of carboxylic acids is 1. The maximum atomic E-state index is 12.5. The lowest BCUT2D eigenvalue weighted by Crippen LogP contribution is -2.46. The molecule has 2 rings (SSSR count). The molecule has 2 fully saturated rings. The summed E-state index contributed by atoms with van der Waals surface area (Å²) in [6.45, 7) is 4.12. The minimum Gasteiger partial charge on any atom is -0.481 e. The van der Waals surface area contributed by atoms with E-state index < -0.39 is 29.3 Å². The second kappa shape index (κ2) is 4.51. The number of hydrogen-bond donors (Lipinski definition) is 2. The number of carbonyl (C=O) groups is 3. The first-order valence-electron chi connectivity index (χ1n) is 6.57. The molecule has 1 unspecified atom stereocenters. The van der Waals surface area contributed by atoms with Crippen LogP contribution in [-0.4, -0.2) is 47.4 Å². The molecule has 0 aromatic carbocycles. The number of carbonyl (C=O) groups excluding carboxylic acids is 2. The zero-order valence-electron chi connectivity index (χ0n) is 11.5. The molecule has 2 aliphatic rings. The SMILES string of the molecule is CNC(=O)C1CCCN1C(=O)[C@H]1[C@@H](C(=O)O)C1(C)C. The number of nitrogens with zero attached hydrogens (tertiary/aromatic N) is 1. The molecular formula is C13H20N2O4. The monoisotopic (exact) mass is 268 g/mol. The quantitative estimate of drug-likeness (QED) is 0.759. The zero-order chi connectivity index (χ0) is 14.4. The summed E-state index contributed by atoms with van der Waals surface area (Å²) in [7, 11) is 1.55. The highest BCUT2D eigenvalue weighted by Gasteiger charge is 2.67. The first-order chi connectivity index (χ1) is 8.82. The van der Waals surface area contributed by atoms with Crippen LogP contribution in [0.15, 0.2) is 0 Å². The summed E-state index contributed by atoms with van der Waals surface area (Å²) in [6.07, 6.45) is 1.44. The van der Waals surface area contributed by atoms with Crippen molar-refractivity contribution in [1.29, 1.82) is 0 Å². The van der Waals surface area contributed by atoms with Crippen molar-refractivity contribution in [3.8, 4) is 0 Å². The number of amides is 2. The molecule has 0 aromatic heterocycles. The summed E-state index contributed by atoms with van der Waals surface area (Å²) < 4.78 is 0. The molecule has 0 spiro atoms.